The third kappa shape index (κ3) is 1.59. The van der Waals surface area contributed by atoms with Crippen LogP contribution in [0.4, 0.5) is 9.18 Å². The monoisotopic (exact) mass is 214 g/mol. The molecule has 3 atom stereocenters. The molecule has 0 radical (unpaired) electrons. The summed E-state index contributed by atoms with van der Waals surface area (Å²) in [6.07, 6.45) is -2.64. The van der Waals surface area contributed by atoms with E-state index in [2.05, 4.69) is 0 Å². The number of halogens is 1. The Morgan fingerprint density at radius 1 is 1.60 bits per heavy atom. The van der Waals surface area contributed by atoms with Crippen LogP contribution >= 0.6 is 0 Å². The van der Waals surface area contributed by atoms with Gasteiger partial charge in [0.15, 0.2) is 12.2 Å². The van der Waals surface area contributed by atoms with Crippen LogP contribution in [0.25, 0.3) is 0 Å². The molecular formula is C10H15FN2O2. The van der Waals surface area contributed by atoms with Crippen LogP contribution in [0.5, 0.6) is 0 Å². The molecule has 0 aromatic rings. The quantitative estimate of drug-likeness (QED) is 0.554. The Hall–Kier alpha value is -1.15. The number of carbonyl (C=O) groups excluding carboxylic acids is 1. The molecule has 1 heterocycles. The van der Waals surface area contributed by atoms with E-state index in [1.165, 1.54) is 0 Å². The maximum Gasteiger partial charge on any atom is 0.258 e. The maximum absolute atomic E-state index is 13.3. The van der Waals surface area contributed by atoms with Gasteiger partial charge in [0.25, 0.3) is 6.09 Å². The lowest BCUT2D eigenvalue weighted by atomic mass is 10.0. The van der Waals surface area contributed by atoms with Crippen LogP contribution in [0.3, 0.4) is 0 Å². The van der Waals surface area contributed by atoms with Crippen molar-refractivity contribution >= 4 is 6.09 Å². The molecule has 4 nitrogen and oxygen atoms in total. The van der Waals surface area contributed by atoms with Gasteiger partial charge < -0.3 is 9.90 Å². The molecule has 0 spiro atoms. The standard InChI is InChI=1S/C10H15FN2O2/c1-10(2,3)13(9(14)15)6-7(11)4-8(13)5-12/h7-8H,4,6H2,1-3H3/t7-,8-,13?/m0/s1. The molecule has 5 heteroatoms. The van der Waals surface area contributed by atoms with Crippen molar-refractivity contribution in [2.45, 2.75) is 44.9 Å². The van der Waals surface area contributed by atoms with E-state index in [1.54, 1.807) is 20.8 Å². The van der Waals surface area contributed by atoms with E-state index in [-0.39, 0.29) is 13.0 Å². The maximum atomic E-state index is 13.3. The first-order valence-corrected chi connectivity index (χ1v) is 4.89. The SMILES string of the molecule is CC(C)(C)[N+]1(C(=O)[O-])C[C@@H](F)C[C@H]1C#N. The van der Waals surface area contributed by atoms with Gasteiger partial charge in [0.2, 0.25) is 0 Å². The Balaban J connectivity index is 3.24. The summed E-state index contributed by atoms with van der Waals surface area (Å²) in [5.41, 5.74) is -0.736. The number of carboxylic acid groups (broad SMARTS) is 1. The van der Waals surface area contributed by atoms with Crippen LogP contribution in [-0.4, -0.2) is 34.9 Å². The number of hydrogen-bond donors (Lipinski definition) is 0. The second-order valence-corrected chi connectivity index (χ2v) is 4.97. The van der Waals surface area contributed by atoms with Crippen LogP contribution in [0, 0.1) is 11.3 Å². The van der Waals surface area contributed by atoms with Crippen molar-refractivity contribution in [1.29, 1.82) is 5.26 Å². The van der Waals surface area contributed by atoms with E-state index in [4.69, 9.17) is 5.26 Å². The third-order valence-corrected chi connectivity index (χ3v) is 3.17. The lowest BCUT2D eigenvalue weighted by molar-refractivity contribution is -0.924. The zero-order valence-corrected chi connectivity index (χ0v) is 9.16. The summed E-state index contributed by atoms with van der Waals surface area (Å²) in [7, 11) is 0. The highest BCUT2D eigenvalue weighted by Crippen LogP contribution is 2.37. The molecular weight excluding hydrogens is 199 g/mol. The van der Waals surface area contributed by atoms with E-state index in [0.29, 0.717) is 0 Å². The summed E-state index contributed by atoms with van der Waals surface area (Å²) in [5.74, 6) is 0. The van der Waals surface area contributed by atoms with Gasteiger partial charge >= 0.3 is 0 Å². The zero-order valence-electron chi connectivity index (χ0n) is 9.16. The minimum atomic E-state index is -1.37. The molecule has 1 rings (SSSR count). The molecule has 0 aromatic carbocycles. The summed E-state index contributed by atoms with van der Waals surface area (Å²) >= 11 is 0. The molecule has 0 bridgehead atoms. The van der Waals surface area contributed by atoms with Crippen molar-refractivity contribution in [2.75, 3.05) is 6.54 Å². The summed E-state index contributed by atoms with van der Waals surface area (Å²) < 4.78 is 12.7. The van der Waals surface area contributed by atoms with Crippen molar-refractivity contribution in [3.8, 4) is 6.07 Å². The number of likely N-dealkylation sites (tertiary alicyclic amines) is 1. The highest BCUT2D eigenvalue weighted by molar-refractivity contribution is 5.56. The lowest BCUT2D eigenvalue weighted by Crippen LogP contribution is -2.69. The second-order valence-electron chi connectivity index (χ2n) is 4.97. The van der Waals surface area contributed by atoms with Crippen LogP contribution < -0.4 is 5.11 Å². The molecule has 1 aliphatic heterocycles. The summed E-state index contributed by atoms with van der Waals surface area (Å²) in [4.78, 5) is 11.2. The van der Waals surface area contributed by atoms with E-state index in [1.807, 2.05) is 6.07 Å². The fourth-order valence-electron chi connectivity index (χ4n) is 2.30. The minimum absolute atomic E-state index is 0.0260. The average molecular weight is 214 g/mol. The van der Waals surface area contributed by atoms with Crippen molar-refractivity contribution < 1.29 is 18.8 Å². The second kappa shape index (κ2) is 3.46. The molecule has 1 fully saturated rings. The average Bonchev–Trinajstić information content (AvgIpc) is 2.42. The molecule has 0 aliphatic carbocycles. The first-order chi connectivity index (χ1) is 6.75. The summed E-state index contributed by atoms with van der Waals surface area (Å²) in [5, 5.41) is 20.1. The minimum Gasteiger partial charge on any atom is -0.498 e. The number of hydrogen-bond acceptors (Lipinski definition) is 3. The van der Waals surface area contributed by atoms with E-state index in [0.717, 1.165) is 0 Å². The number of alkyl halides is 1. The first kappa shape index (κ1) is 11.9. The number of rotatable bonds is 0. The number of carbonyl (C=O) groups is 1. The number of nitrogens with zero attached hydrogens (tertiary/aromatic N) is 2. The Bertz CT molecular complexity index is 318. The van der Waals surface area contributed by atoms with Gasteiger partial charge in [-0.05, 0) is 20.8 Å². The van der Waals surface area contributed by atoms with Crippen LogP contribution in [0.2, 0.25) is 0 Å². The summed E-state index contributed by atoms with van der Waals surface area (Å²) in [6.45, 7) is 4.88. The number of amides is 1. The molecule has 1 aliphatic rings. The largest absolute Gasteiger partial charge is 0.498 e. The topological polar surface area (TPSA) is 63.9 Å². The smallest absolute Gasteiger partial charge is 0.258 e. The molecule has 15 heavy (non-hydrogen) atoms. The lowest BCUT2D eigenvalue weighted by Gasteiger charge is -2.46. The fraction of sp³-hybridized carbons (Fsp3) is 0.800. The predicted molar refractivity (Wildman–Crippen MR) is 49.2 cm³/mol. The van der Waals surface area contributed by atoms with Crippen molar-refractivity contribution in [3.05, 3.63) is 0 Å². The van der Waals surface area contributed by atoms with Gasteiger partial charge in [-0.3, -0.25) is 4.48 Å². The van der Waals surface area contributed by atoms with E-state index < -0.39 is 28.3 Å². The third-order valence-electron chi connectivity index (χ3n) is 3.17. The molecule has 0 aromatic heterocycles. The zero-order chi connectivity index (χ0) is 11.9. The fourth-order valence-corrected chi connectivity index (χ4v) is 2.30. The highest BCUT2D eigenvalue weighted by Gasteiger charge is 2.56. The Kier molecular flexibility index (Phi) is 2.75. The van der Waals surface area contributed by atoms with E-state index in [9.17, 15) is 14.3 Å². The van der Waals surface area contributed by atoms with Crippen LogP contribution in [-0.2, 0) is 0 Å². The van der Waals surface area contributed by atoms with Crippen molar-refractivity contribution in [2.24, 2.45) is 0 Å². The van der Waals surface area contributed by atoms with Crippen LogP contribution in [0.1, 0.15) is 27.2 Å². The number of quaternary nitrogens is 1. The number of nitriles is 1. The molecule has 1 unspecified atom stereocenters. The van der Waals surface area contributed by atoms with Crippen LogP contribution in [0.15, 0.2) is 0 Å². The molecule has 84 valence electrons. The van der Waals surface area contributed by atoms with E-state index >= 15 is 0 Å². The van der Waals surface area contributed by atoms with Gasteiger partial charge in [-0.2, -0.15) is 5.26 Å². The van der Waals surface area contributed by atoms with Gasteiger partial charge in [0.05, 0.1) is 12.0 Å². The van der Waals surface area contributed by atoms with Gasteiger partial charge in [-0.15, -0.1) is 0 Å². The Labute approximate surface area is 88.5 Å². The Morgan fingerprint density at radius 2 is 2.13 bits per heavy atom. The predicted octanol–water partition coefficient (Wildman–Crippen LogP) is 0.579. The van der Waals surface area contributed by atoms with Crippen molar-refractivity contribution in [3.63, 3.8) is 0 Å². The Morgan fingerprint density at radius 3 is 2.40 bits per heavy atom. The summed E-state index contributed by atoms with van der Waals surface area (Å²) in [6, 6.07) is 1.03. The van der Waals surface area contributed by atoms with Gasteiger partial charge in [-0.1, -0.05) is 0 Å². The normalized spacial score (nSPS) is 36.2. The van der Waals surface area contributed by atoms with Crippen molar-refractivity contribution in [1.82, 2.24) is 0 Å². The highest BCUT2D eigenvalue weighted by atomic mass is 19.1. The molecule has 0 N–H and O–H groups in total. The van der Waals surface area contributed by atoms with Gasteiger partial charge in [0, 0.05) is 0 Å². The molecule has 1 saturated heterocycles. The van der Waals surface area contributed by atoms with Gasteiger partial charge in [-0.25, -0.2) is 4.39 Å². The molecule has 0 saturated carbocycles. The molecule has 1 amide bonds. The van der Waals surface area contributed by atoms with Gasteiger partial charge in [0.1, 0.15) is 12.6 Å². The first-order valence-electron chi connectivity index (χ1n) is 4.89.